The van der Waals surface area contributed by atoms with Gasteiger partial charge in [-0.05, 0) is 38.7 Å². The van der Waals surface area contributed by atoms with Crippen molar-refractivity contribution in [1.82, 2.24) is 4.90 Å². The first-order chi connectivity index (χ1) is 9.97. The van der Waals surface area contributed by atoms with Crippen LogP contribution in [-0.2, 0) is 9.47 Å². The lowest BCUT2D eigenvalue weighted by Crippen LogP contribution is -2.15. The van der Waals surface area contributed by atoms with E-state index >= 15 is 0 Å². The molecule has 1 rings (SSSR count). The van der Waals surface area contributed by atoms with Gasteiger partial charge in [-0.2, -0.15) is 0 Å². The van der Waals surface area contributed by atoms with Crippen LogP contribution in [-0.4, -0.2) is 58.3 Å². The first-order valence-corrected chi connectivity index (χ1v) is 6.57. The molecule has 1 aromatic rings. The van der Waals surface area contributed by atoms with Gasteiger partial charge in [0.15, 0.2) is 0 Å². The Kier molecular flexibility index (Phi) is 6.68. The quantitative estimate of drug-likeness (QED) is 0.562. The lowest BCUT2D eigenvalue weighted by Gasteiger charge is -2.12. The van der Waals surface area contributed by atoms with Gasteiger partial charge in [0.05, 0.1) is 32.0 Å². The van der Waals surface area contributed by atoms with Crippen molar-refractivity contribution in [2.75, 3.05) is 41.5 Å². The van der Waals surface area contributed by atoms with Gasteiger partial charge < -0.3 is 19.1 Å². The Balaban J connectivity index is 2.86. The molecule has 0 saturated heterocycles. The van der Waals surface area contributed by atoms with E-state index in [0.29, 0.717) is 12.4 Å². The molecule has 0 N–H and O–H groups in total. The summed E-state index contributed by atoms with van der Waals surface area (Å²) in [7, 11) is 6.52. The highest BCUT2D eigenvalue weighted by atomic mass is 16.5. The number of hydrogen-bond donors (Lipinski definition) is 0. The third-order valence-corrected chi connectivity index (χ3v) is 2.77. The number of nitrogens with zero attached hydrogens (tertiary/aromatic N) is 1. The maximum Gasteiger partial charge on any atom is 0.338 e. The molecule has 0 unspecified atom stereocenters. The third kappa shape index (κ3) is 5.43. The SMILES string of the molecule is COC(=O)c1cc(OCCCN(C)C)cc(C(=O)OC)c1. The number of hydrogen-bond acceptors (Lipinski definition) is 6. The van der Waals surface area contributed by atoms with Crippen molar-refractivity contribution >= 4 is 11.9 Å². The molecule has 0 spiro atoms. The van der Waals surface area contributed by atoms with Gasteiger partial charge in [-0.3, -0.25) is 0 Å². The van der Waals surface area contributed by atoms with Crippen molar-refractivity contribution < 1.29 is 23.8 Å². The second kappa shape index (κ2) is 8.26. The zero-order chi connectivity index (χ0) is 15.8. The molecule has 0 atom stereocenters. The fraction of sp³-hybridized carbons (Fsp3) is 0.467. The summed E-state index contributed by atoms with van der Waals surface area (Å²) in [6.07, 6.45) is 0.836. The van der Waals surface area contributed by atoms with Crippen LogP contribution < -0.4 is 4.74 Å². The molecule has 21 heavy (non-hydrogen) atoms. The molecule has 6 nitrogen and oxygen atoms in total. The van der Waals surface area contributed by atoms with Crippen molar-refractivity contribution in [3.05, 3.63) is 29.3 Å². The number of benzene rings is 1. The standard InChI is InChI=1S/C15H21NO5/c1-16(2)6-5-7-21-13-9-11(14(17)19-3)8-12(10-13)15(18)20-4/h8-10H,5-7H2,1-4H3. The zero-order valence-electron chi connectivity index (χ0n) is 12.8. The molecular formula is C15H21NO5. The number of carbonyl (C=O) groups is 2. The highest BCUT2D eigenvalue weighted by molar-refractivity contribution is 5.96. The smallest absolute Gasteiger partial charge is 0.338 e. The van der Waals surface area contributed by atoms with Crippen molar-refractivity contribution in [3.63, 3.8) is 0 Å². The lowest BCUT2D eigenvalue weighted by atomic mass is 10.1. The molecule has 0 aliphatic heterocycles. The number of ether oxygens (including phenoxy) is 3. The Morgan fingerprint density at radius 3 is 1.95 bits per heavy atom. The average Bonchev–Trinajstić information content (AvgIpc) is 2.49. The van der Waals surface area contributed by atoms with Gasteiger partial charge >= 0.3 is 11.9 Å². The van der Waals surface area contributed by atoms with E-state index in [2.05, 4.69) is 9.47 Å². The highest BCUT2D eigenvalue weighted by Crippen LogP contribution is 2.19. The van der Waals surface area contributed by atoms with Crippen LogP contribution in [0.25, 0.3) is 0 Å². The molecule has 0 amide bonds. The fourth-order valence-electron chi connectivity index (χ4n) is 1.72. The largest absolute Gasteiger partial charge is 0.493 e. The van der Waals surface area contributed by atoms with Crippen LogP contribution in [0.1, 0.15) is 27.1 Å². The Labute approximate surface area is 124 Å². The van der Waals surface area contributed by atoms with Gasteiger partial charge in [0, 0.05) is 6.54 Å². The predicted molar refractivity (Wildman–Crippen MR) is 77.8 cm³/mol. The molecule has 6 heteroatoms. The third-order valence-electron chi connectivity index (χ3n) is 2.77. The maximum atomic E-state index is 11.6. The normalized spacial score (nSPS) is 10.3. The van der Waals surface area contributed by atoms with Crippen LogP contribution in [0, 0.1) is 0 Å². The highest BCUT2D eigenvalue weighted by Gasteiger charge is 2.14. The fourth-order valence-corrected chi connectivity index (χ4v) is 1.72. The minimum Gasteiger partial charge on any atom is -0.493 e. The van der Waals surface area contributed by atoms with E-state index in [1.807, 2.05) is 19.0 Å². The average molecular weight is 295 g/mol. The van der Waals surface area contributed by atoms with Crippen LogP contribution in [0.3, 0.4) is 0 Å². The Hall–Kier alpha value is -2.08. The van der Waals surface area contributed by atoms with E-state index in [-0.39, 0.29) is 11.1 Å². The maximum absolute atomic E-state index is 11.6. The first kappa shape index (κ1) is 17.0. The Morgan fingerprint density at radius 1 is 1.00 bits per heavy atom. The van der Waals surface area contributed by atoms with Gasteiger partial charge in [0.25, 0.3) is 0 Å². The molecule has 0 radical (unpaired) electrons. The van der Waals surface area contributed by atoms with E-state index < -0.39 is 11.9 Å². The lowest BCUT2D eigenvalue weighted by molar-refractivity contribution is 0.0598. The molecule has 0 heterocycles. The molecule has 0 saturated carbocycles. The van der Waals surface area contributed by atoms with Gasteiger partial charge in [-0.25, -0.2) is 9.59 Å². The minimum absolute atomic E-state index is 0.253. The molecule has 0 fully saturated rings. The van der Waals surface area contributed by atoms with Crippen molar-refractivity contribution in [3.8, 4) is 5.75 Å². The Bertz CT molecular complexity index is 465. The number of carbonyl (C=O) groups excluding carboxylic acids is 2. The first-order valence-electron chi connectivity index (χ1n) is 6.57. The van der Waals surface area contributed by atoms with Crippen LogP contribution in [0.2, 0.25) is 0 Å². The van der Waals surface area contributed by atoms with E-state index in [9.17, 15) is 9.59 Å². The Morgan fingerprint density at radius 2 is 1.52 bits per heavy atom. The molecule has 116 valence electrons. The van der Waals surface area contributed by atoms with Crippen LogP contribution in [0.5, 0.6) is 5.75 Å². The minimum atomic E-state index is -0.529. The monoisotopic (exact) mass is 295 g/mol. The summed E-state index contributed by atoms with van der Waals surface area (Å²) in [6, 6.07) is 4.52. The molecule has 0 aliphatic carbocycles. The summed E-state index contributed by atoms with van der Waals surface area (Å²) in [6.45, 7) is 1.38. The van der Waals surface area contributed by atoms with E-state index in [1.54, 1.807) is 12.1 Å². The summed E-state index contributed by atoms with van der Waals surface area (Å²) in [4.78, 5) is 25.3. The topological polar surface area (TPSA) is 65.1 Å². The number of methoxy groups -OCH3 is 2. The van der Waals surface area contributed by atoms with Crippen LogP contribution >= 0.6 is 0 Å². The van der Waals surface area contributed by atoms with E-state index in [1.165, 1.54) is 20.3 Å². The second-order valence-electron chi connectivity index (χ2n) is 4.73. The summed E-state index contributed by atoms with van der Waals surface area (Å²) < 4.78 is 14.9. The number of esters is 2. The van der Waals surface area contributed by atoms with Crippen molar-refractivity contribution in [1.29, 1.82) is 0 Å². The predicted octanol–water partition coefficient (Wildman–Crippen LogP) is 1.59. The molecule has 0 bridgehead atoms. The summed E-state index contributed by atoms with van der Waals surface area (Å²) >= 11 is 0. The van der Waals surface area contributed by atoms with Gasteiger partial charge in [-0.15, -0.1) is 0 Å². The van der Waals surface area contributed by atoms with E-state index in [4.69, 9.17) is 4.74 Å². The van der Waals surface area contributed by atoms with Crippen molar-refractivity contribution in [2.45, 2.75) is 6.42 Å². The van der Waals surface area contributed by atoms with Gasteiger partial charge in [0.2, 0.25) is 0 Å². The van der Waals surface area contributed by atoms with Crippen LogP contribution in [0.4, 0.5) is 0 Å². The summed E-state index contributed by atoms with van der Waals surface area (Å²) in [5.74, 6) is -0.616. The zero-order valence-corrected chi connectivity index (χ0v) is 12.8. The molecule has 0 aromatic heterocycles. The van der Waals surface area contributed by atoms with E-state index in [0.717, 1.165) is 13.0 Å². The van der Waals surface area contributed by atoms with Crippen LogP contribution in [0.15, 0.2) is 18.2 Å². The second-order valence-corrected chi connectivity index (χ2v) is 4.73. The summed E-state index contributed by atoms with van der Waals surface area (Å²) in [5.41, 5.74) is 0.506. The summed E-state index contributed by atoms with van der Waals surface area (Å²) in [5, 5.41) is 0. The van der Waals surface area contributed by atoms with Gasteiger partial charge in [-0.1, -0.05) is 0 Å². The molecule has 0 aliphatic rings. The molecular weight excluding hydrogens is 274 g/mol. The van der Waals surface area contributed by atoms with Gasteiger partial charge in [0.1, 0.15) is 5.75 Å². The number of rotatable bonds is 7. The molecule has 1 aromatic carbocycles. The van der Waals surface area contributed by atoms with Crippen molar-refractivity contribution in [2.24, 2.45) is 0 Å².